The minimum Gasteiger partial charge on any atom is -0.481 e. The smallest absolute Gasteiger partial charge is 0.304 e. The number of ether oxygens (including phenoxy) is 1. The van der Waals surface area contributed by atoms with Crippen molar-refractivity contribution < 1.29 is 14.6 Å². The van der Waals surface area contributed by atoms with Crippen molar-refractivity contribution in [2.24, 2.45) is 11.3 Å². The van der Waals surface area contributed by atoms with E-state index in [2.05, 4.69) is 4.90 Å². The SMILES string of the molecule is COC[C@@]12CCCC[C@H]1CN(CCC(=O)O)C2. The molecular weight excluding hydrogens is 218 g/mol. The van der Waals surface area contributed by atoms with Crippen molar-refractivity contribution in [2.75, 3.05) is 33.4 Å². The predicted octanol–water partition coefficient (Wildman–Crippen LogP) is 1.60. The topological polar surface area (TPSA) is 49.8 Å². The van der Waals surface area contributed by atoms with Crippen LogP contribution in [-0.2, 0) is 9.53 Å². The van der Waals surface area contributed by atoms with Crippen LogP contribution < -0.4 is 0 Å². The Labute approximate surface area is 103 Å². The highest BCUT2D eigenvalue weighted by Crippen LogP contribution is 2.46. The van der Waals surface area contributed by atoms with E-state index in [0.29, 0.717) is 17.9 Å². The van der Waals surface area contributed by atoms with Gasteiger partial charge in [0.25, 0.3) is 0 Å². The Hall–Kier alpha value is -0.610. The molecule has 2 atom stereocenters. The Kier molecular flexibility index (Phi) is 4.05. The third kappa shape index (κ3) is 2.80. The molecule has 1 heterocycles. The van der Waals surface area contributed by atoms with E-state index in [0.717, 1.165) is 19.7 Å². The highest BCUT2D eigenvalue weighted by molar-refractivity contribution is 5.66. The summed E-state index contributed by atoms with van der Waals surface area (Å²) in [4.78, 5) is 12.9. The number of hydrogen-bond donors (Lipinski definition) is 1. The van der Waals surface area contributed by atoms with Crippen molar-refractivity contribution in [2.45, 2.75) is 32.1 Å². The van der Waals surface area contributed by atoms with Crippen LogP contribution in [0.1, 0.15) is 32.1 Å². The lowest BCUT2D eigenvalue weighted by atomic mass is 9.69. The molecule has 98 valence electrons. The number of carbonyl (C=O) groups is 1. The number of carboxylic acid groups (broad SMARTS) is 1. The molecule has 1 saturated heterocycles. The first kappa shape index (κ1) is 12.8. The van der Waals surface area contributed by atoms with E-state index >= 15 is 0 Å². The zero-order valence-corrected chi connectivity index (χ0v) is 10.7. The minimum absolute atomic E-state index is 0.260. The van der Waals surface area contributed by atoms with Crippen LogP contribution in [0.2, 0.25) is 0 Å². The summed E-state index contributed by atoms with van der Waals surface area (Å²) in [6, 6.07) is 0. The van der Waals surface area contributed by atoms with Crippen molar-refractivity contribution in [1.82, 2.24) is 4.90 Å². The second kappa shape index (κ2) is 5.36. The van der Waals surface area contributed by atoms with E-state index in [1.54, 1.807) is 7.11 Å². The second-order valence-corrected chi connectivity index (χ2v) is 5.62. The number of aliphatic carboxylic acids is 1. The molecule has 1 N–H and O–H groups in total. The van der Waals surface area contributed by atoms with Crippen molar-refractivity contribution in [1.29, 1.82) is 0 Å². The maximum absolute atomic E-state index is 10.6. The van der Waals surface area contributed by atoms with Gasteiger partial charge in [0.2, 0.25) is 0 Å². The zero-order chi connectivity index (χ0) is 12.3. The third-order valence-electron chi connectivity index (χ3n) is 4.43. The second-order valence-electron chi connectivity index (χ2n) is 5.62. The Bertz CT molecular complexity index is 278. The standard InChI is InChI=1S/C13H23NO3/c1-17-10-13-6-3-2-4-11(13)8-14(9-13)7-5-12(15)16/h11H,2-10H2,1H3,(H,15,16)/t11-,13-/m0/s1. The molecule has 0 unspecified atom stereocenters. The van der Waals surface area contributed by atoms with Crippen LogP contribution in [0.25, 0.3) is 0 Å². The molecule has 4 heteroatoms. The Morgan fingerprint density at radius 3 is 3.06 bits per heavy atom. The highest BCUT2D eigenvalue weighted by Gasteiger charge is 2.47. The predicted molar refractivity (Wildman–Crippen MR) is 65.0 cm³/mol. The van der Waals surface area contributed by atoms with Gasteiger partial charge in [0, 0.05) is 32.2 Å². The molecule has 0 aromatic rings. The number of rotatable bonds is 5. The molecule has 2 rings (SSSR count). The molecular formula is C13H23NO3. The number of hydrogen-bond acceptors (Lipinski definition) is 3. The van der Waals surface area contributed by atoms with Gasteiger partial charge in [0.15, 0.2) is 0 Å². The average molecular weight is 241 g/mol. The number of likely N-dealkylation sites (tertiary alicyclic amines) is 1. The molecule has 0 bridgehead atoms. The highest BCUT2D eigenvalue weighted by atomic mass is 16.5. The average Bonchev–Trinajstić information content (AvgIpc) is 2.65. The van der Waals surface area contributed by atoms with Gasteiger partial charge in [0.1, 0.15) is 0 Å². The number of carboxylic acids is 1. The van der Waals surface area contributed by atoms with E-state index in [1.807, 2.05) is 0 Å². The summed E-state index contributed by atoms with van der Waals surface area (Å²) >= 11 is 0. The minimum atomic E-state index is -0.694. The molecule has 0 spiro atoms. The fourth-order valence-corrected chi connectivity index (χ4v) is 3.64. The van der Waals surface area contributed by atoms with E-state index < -0.39 is 5.97 Å². The molecule has 17 heavy (non-hydrogen) atoms. The summed E-state index contributed by atoms with van der Waals surface area (Å²) in [6.45, 7) is 3.62. The fraction of sp³-hybridized carbons (Fsp3) is 0.923. The monoisotopic (exact) mass is 241 g/mol. The molecule has 0 radical (unpaired) electrons. The molecule has 2 fully saturated rings. The zero-order valence-electron chi connectivity index (χ0n) is 10.7. The van der Waals surface area contributed by atoms with E-state index in [9.17, 15) is 4.79 Å². The van der Waals surface area contributed by atoms with Crippen LogP contribution in [0.3, 0.4) is 0 Å². The van der Waals surface area contributed by atoms with Gasteiger partial charge in [-0.25, -0.2) is 0 Å². The van der Waals surface area contributed by atoms with Crippen LogP contribution in [0.15, 0.2) is 0 Å². The Morgan fingerprint density at radius 1 is 1.53 bits per heavy atom. The first-order valence-corrected chi connectivity index (χ1v) is 6.59. The quantitative estimate of drug-likeness (QED) is 0.794. The molecule has 1 aliphatic heterocycles. The van der Waals surface area contributed by atoms with E-state index in [-0.39, 0.29) is 6.42 Å². The number of methoxy groups -OCH3 is 1. The van der Waals surface area contributed by atoms with Gasteiger partial charge in [-0.05, 0) is 18.8 Å². The maximum Gasteiger partial charge on any atom is 0.304 e. The van der Waals surface area contributed by atoms with Crippen molar-refractivity contribution in [3.05, 3.63) is 0 Å². The van der Waals surface area contributed by atoms with Crippen molar-refractivity contribution >= 4 is 5.97 Å². The van der Waals surface area contributed by atoms with E-state index in [4.69, 9.17) is 9.84 Å². The number of fused-ring (bicyclic) bond motifs is 1. The molecule has 4 nitrogen and oxygen atoms in total. The van der Waals surface area contributed by atoms with Crippen molar-refractivity contribution in [3.63, 3.8) is 0 Å². The fourth-order valence-electron chi connectivity index (χ4n) is 3.64. The summed E-state index contributed by atoms with van der Waals surface area (Å²) in [6.07, 6.45) is 5.41. The van der Waals surface area contributed by atoms with Crippen LogP contribution in [0.5, 0.6) is 0 Å². The molecule has 0 aromatic heterocycles. The molecule has 0 amide bonds. The lowest BCUT2D eigenvalue weighted by molar-refractivity contribution is -0.137. The molecule has 1 aliphatic carbocycles. The third-order valence-corrected chi connectivity index (χ3v) is 4.43. The summed E-state index contributed by atoms with van der Waals surface area (Å²) in [5.41, 5.74) is 0.311. The summed E-state index contributed by atoms with van der Waals surface area (Å²) in [5.74, 6) is 0.0191. The summed E-state index contributed by atoms with van der Waals surface area (Å²) in [5, 5.41) is 8.75. The van der Waals surface area contributed by atoms with Gasteiger partial charge in [-0.15, -0.1) is 0 Å². The van der Waals surface area contributed by atoms with Crippen LogP contribution in [0, 0.1) is 11.3 Å². The first-order chi connectivity index (χ1) is 8.16. The molecule has 1 saturated carbocycles. The normalized spacial score (nSPS) is 33.6. The van der Waals surface area contributed by atoms with Gasteiger partial charge in [0.05, 0.1) is 13.0 Å². The summed E-state index contributed by atoms with van der Waals surface area (Å²) < 4.78 is 5.42. The van der Waals surface area contributed by atoms with Crippen LogP contribution in [-0.4, -0.2) is 49.3 Å². The lowest BCUT2D eigenvalue weighted by Gasteiger charge is -2.38. The summed E-state index contributed by atoms with van der Waals surface area (Å²) in [7, 11) is 1.78. The van der Waals surface area contributed by atoms with Gasteiger partial charge in [-0.1, -0.05) is 12.8 Å². The van der Waals surface area contributed by atoms with Crippen LogP contribution in [0.4, 0.5) is 0 Å². The van der Waals surface area contributed by atoms with Gasteiger partial charge in [-0.3, -0.25) is 4.79 Å². The maximum atomic E-state index is 10.6. The van der Waals surface area contributed by atoms with Crippen molar-refractivity contribution in [3.8, 4) is 0 Å². The molecule has 2 aliphatic rings. The molecule has 0 aromatic carbocycles. The van der Waals surface area contributed by atoms with Crippen LogP contribution >= 0.6 is 0 Å². The number of nitrogens with zero attached hydrogens (tertiary/aromatic N) is 1. The van der Waals surface area contributed by atoms with Gasteiger partial charge >= 0.3 is 5.97 Å². The van der Waals surface area contributed by atoms with E-state index in [1.165, 1.54) is 25.7 Å². The van der Waals surface area contributed by atoms with Gasteiger partial charge in [-0.2, -0.15) is 0 Å². The first-order valence-electron chi connectivity index (χ1n) is 6.59. The lowest BCUT2D eigenvalue weighted by Crippen LogP contribution is -2.37. The largest absolute Gasteiger partial charge is 0.481 e. The van der Waals surface area contributed by atoms with Gasteiger partial charge < -0.3 is 14.7 Å². The Balaban J connectivity index is 1.95. The Morgan fingerprint density at radius 2 is 2.35 bits per heavy atom.